The van der Waals surface area contributed by atoms with Crippen LogP contribution in [0, 0.1) is 17.1 Å². The van der Waals surface area contributed by atoms with Gasteiger partial charge in [0.05, 0.1) is 11.1 Å². The van der Waals surface area contributed by atoms with Crippen molar-refractivity contribution >= 4 is 23.0 Å². The molecule has 1 aliphatic heterocycles. The Labute approximate surface area is 117 Å². The van der Waals surface area contributed by atoms with E-state index in [-0.39, 0.29) is 17.8 Å². The van der Waals surface area contributed by atoms with Gasteiger partial charge >= 0.3 is 0 Å². The van der Waals surface area contributed by atoms with Crippen LogP contribution in [-0.2, 0) is 0 Å². The summed E-state index contributed by atoms with van der Waals surface area (Å²) in [6, 6.07) is 4.41. The number of benzene rings is 1. The van der Waals surface area contributed by atoms with E-state index in [1.165, 1.54) is 6.07 Å². The molecule has 0 fully saturated rings. The second-order valence-electron chi connectivity index (χ2n) is 4.75. The van der Waals surface area contributed by atoms with Crippen molar-refractivity contribution in [2.24, 2.45) is 11.7 Å². The SMILES string of the molecule is CC1C=C(c2c(F)cccc2Cl)C(CN)N(C)C1=N. The second-order valence-corrected chi connectivity index (χ2v) is 5.16. The van der Waals surface area contributed by atoms with E-state index >= 15 is 0 Å². The normalized spacial score (nSPS) is 23.5. The molecular formula is C14H17ClFN3. The zero-order valence-electron chi connectivity index (χ0n) is 11.0. The minimum Gasteiger partial charge on any atom is -0.355 e. The van der Waals surface area contributed by atoms with Crippen LogP contribution in [0.15, 0.2) is 24.3 Å². The summed E-state index contributed by atoms with van der Waals surface area (Å²) in [5.41, 5.74) is 6.94. The van der Waals surface area contributed by atoms with Crippen molar-refractivity contribution in [3.05, 3.63) is 40.7 Å². The summed E-state index contributed by atoms with van der Waals surface area (Å²) in [4.78, 5) is 1.78. The highest BCUT2D eigenvalue weighted by atomic mass is 35.5. The number of amidine groups is 1. The van der Waals surface area contributed by atoms with Gasteiger partial charge < -0.3 is 10.6 Å². The molecule has 102 valence electrons. The lowest BCUT2D eigenvalue weighted by atomic mass is 9.88. The highest BCUT2D eigenvalue weighted by Gasteiger charge is 2.31. The Bertz CT molecular complexity index is 521. The zero-order chi connectivity index (χ0) is 14.2. The lowest BCUT2D eigenvalue weighted by molar-refractivity contribution is 0.410. The average Bonchev–Trinajstić information content (AvgIpc) is 2.36. The summed E-state index contributed by atoms with van der Waals surface area (Å²) in [6.07, 6.45) is 1.88. The third-order valence-corrected chi connectivity index (χ3v) is 3.86. The summed E-state index contributed by atoms with van der Waals surface area (Å²) in [5.74, 6) is 0.0383. The van der Waals surface area contributed by atoms with Crippen molar-refractivity contribution < 1.29 is 4.39 Å². The third-order valence-electron chi connectivity index (χ3n) is 3.54. The van der Waals surface area contributed by atoms with Gasteiger partial charge in [0.15, 0.2) is 0 Å². The van der Waals surface area contributed by atoms with Crippen molar-refractivity contribution in [3.8, 4) is 0 Å². The van der Waals surface area contributed by atoms with Crippen LogP contribution < -0.4 is 5.73 Å². The van der Waals surface area contributed by atoms with Gasteiger partial charge in [0.1, 0.15) is 11.7 Å². The van der Waals surface area contributed by atoms with Crippen LogP contribution in [0.5, 0.6) is 0 Å². The van der Waals surface area contributed by atoms with E-state index in [0.29, 0.717) is 23.0 Å². The highest BCUT2D eigenvalue weighted by Crippen LogP contribution is 2.34. The molecule has 0 saturated heterocycles. The molecule has 0 saturated carbocycles. The van der Waals surface area contributed by atoms with E-state index in [1.807, 2.05) is 13.0 Å². The molecule has 0 radical (unpaired) electrons. The molecule has 1 aromatic rings. The smallest absolute Gasteiger partial charge is 0.132 e. The van der Waals surface area contributed by atoms with Gasteiger partial charge in [-0.1, -0.05) is 30.7 Å². The summed E-state index contributed by atoms with van der Waals surface area (Å²) in [7, 11) is 1.80. The highest BCUT2D eigenvalue weighted by molar-refractivity contribution is 6.32. The van der Waals surface area contributed by atoms with Crippen molar-refractivity contribution in [2.75, 3.05) is 13.6 Å². The van der Waals surface area contributed by atoms with E-state index in [4.69, 9.17) is 22.7 Å². The summed E-state index contributed by atoms with van der Waals surface area (Å²) < 4.78 is 14.1. The van der Waals surface area contributed by atoms with Crippen molar-refractivity contribution in [3.63, 3.8) is 0 Å². The lowest BCUT2D eigenvalue weighted by Gasteiger charge is -2.38. The maximum Gasteiger partial charge on any atom is 0.132 e. The van der Waals surface area contributed by atoms with Crippen LogP contribution in [0.4, 0.5) is 4.39 Å². The number of likely N-dealkylation sites (N-methyl/N-ethyl adjacent to an activating group) is 1. The Morgan fingerprint density at radius 1 is 1.47 bits per heavy atom. The van der Waals surface area contributed by atoms with Gasteiger partial charge in [-0.05, 0) is 17.7 Å². The minimum atomic E-state index is -0.355. The largest absolute Gasteiger partial charge is 0.355 e. The van der Waals surface area contributed by atoms with Crippen LogP contribution in [0.2, 0.25) is 5.02 Å². The fourth-order valence-corrected chi connectivity index (χ4v) is 2.74. The maximum absolute atomic E-state index is 14.1. The predicted molar refractivity (Wildman–Crippen MR) is 76.9 cm³/mol. The van der Waals surface area contributed by atoms with E-state index in [2.05, 4.69) is 0 Å². The number of hydrogen-bond acceptors (Lipinski definition) is 2. The predicted octanol–water partition coefficient (Wildman–Crippen LogP) is 2.75. The molecule has 1 heterocycles. The third kappa shape index (κ3) is 2.38. The van der Waals surface area contributed by atoms with Gasteiger partial charge in [-0.25, -0.2) is 4.39 Å². The Balaban J connectivity index is 2.59. The summed E-state index contributed by atoms with van der Waals surface area (Å²) >= 11 is 6.12. The second kappa shape index (κ2) is 5.31. The van der Waals surface area contributed by atoms with Crippen molar-refractivity contribution in [1.29, 1.82) is 5.41 Å². The first kappa shape index (κ1) is 14.0. The Hall–Kier alpha value is -1.39. The molecule has 5 heteroatoms. The van der Waals surface area contributed by atoms with E-state index in [9.17, 15) is 4.39 Å². The van der Waals surface area contributed by atoms with Gasteiger partial charge in [0, 0.05) is 25.1 Å². The molecule has 2 unspecified atom stereocenters. The molecule has 0 bridgehead atoms. The Morgan fingerprint density at radius 2 is 2.16 bits per heavy atom. The molecule has 0 spiro atoms. The molecule has 1 aromatic carbocycles. The lowest BCUT2D eigenvalue weighted by Crippen LogP contribution is -2.47. The number of nitrogens with zero attached hydrogens (tertiary/aromatic N) is 1. The van der Waals surface area contributed by atoms with Crippen LogP contribution in [-0.4, -0.2) is 30.4 Å². The van der Waals surface area contributed by atoms with Crippen LogP contribution in [0.3, 0.4) is 0 Å². The molecule has 3 N–H and O–H groups in total. The fraction of sp³-hybridized carbons (Fsp3) is 0.357. The quantitative estimate of drug-likeness (QED) is 0.876. The molecule has 0 aliphatic carbocycles. The molecule has 0 amide bonds. The Kier molecular flexibility index (Phi) is 3.92. The van der Waals surface area contributed by atoms with Crippen LogP contribution in [0.25, 0.3) is 5.57 Å². The van der Waals surface area contributed by atoms with Crippen LogP contribution in [0.1, 0.15) is 12.5 Å². The minimum absolute atomic E-state index is 0.0847. The molecule has 2 atom stereocenters. The van der Waals surface area contributed by atoms with Gasteiger partial charge in [-0.2, -0.15) is 0 Å². The first-order chi connectivity index (χ1) is 8.97. The monoisotopic (exact) mass is 281 g/mol. The van der Waals surface area contributed by atoms with E-state index in [1.54, 1.807) is 24.1 Å². The number of nitrogens with one attached hydrogen (secondary N) is 1. The molecule has 3 nitrogen and oxygen atoms in total. The first-order valence-corrected chi connectivity index (χ1v) is 6.52. The average molecular weight is 282 g/mol. The number of hydrogen-bond donors (Lipinski definition) is 2. The molecule has 1 aliphatic rings. The first-order valence-electron chi connectivity index (χ1n) is 6.14. The number of nitrogens with two attached hydrogens (primary N) is 1. The molecular weight excluding hydrogens is 265 g/mol. The summed E-state index contributed by atoms with van der Waals surface area (Å²) in [5, 5.41) is 8.37. The van der Waals surface area contributed by atoms with Crippen molar-refractivity contribution in [2.45, 2.75) is 13.0 Å². The number of rotatable bonds is 2. The van der Waals surface area contributed by atoms with Crippen molar-refractivity contribution in [1.82, 2.24) is 4.90 Å². The topological polar surface area (TPSA) is 53.1 Å². The summed E-state index contributed by atoms with van der Waals surface area (Å²) in [6.45, 7) is 2.21. The maximum atomic E-state index is 14.1. The standard InChI is InChI=1S/C14H17ClFN3/c1-8-6-9(12(7-17)19(2)14(8)18)13-10(15)4-3-5-11(13)16/h3-6,8,12,18H,7,17H2,1-2H3. The molecule has 2 rings (SSSR count). The number of halogens is 2. The van der Waals surface area contributed by atoms with E-state index < -0.39 is 0 Å². The molecule has 0 aromatic heterocycles. The van der Waals surface area contributed by atoms with Gasteiger partial charge in [0.2, 0.25) is 0 Å². The molecule has 19 heavy (non-hydrogen) atoms. The fourth-order valence-electron chi connectivity index (χ4n) is 2.47. The van der Waals surface area contributed by atoms with Crippen LogP contribution >= 0.6 is 11.6 Å². The van der Waals surface area contributed by atoms with Gasteiger partial charge in [0.25, 0.3) is 0 Å². The van der Waals surface area contributed by atoms with Gasteiger partial charge in [-0.3, -0.25) is 5.41 Å². The van der Waals surface area contributed by atoms with Gasteiger partial charge in [-0.15, -0.1) is 0 Å². The Morgan fingerprint density at radius 3 is 2.74 bits per heavy atom. The zero-order valence-corrected chi connectivity index (χ0v) is 11.7. The van der Waals surface area contributed by atoms with E-state index in [0.717, 1.165) is 5.57 Å².